The van der Waals surface area contributed by atoms with E-state index in [2.05, 4.69) is 6.07 Å². The van der Waals surface area contributed by atoms with Crippen LogP contribution in [0.15, 0.2) is 72.8 Å². The third-order valence-electron chi connectivity index (χ3n) is 4.09. The van der Waals surface area contributed by atoms with Crippen LogP contribution in [0.5, 0.6) is 5.75 Å². The van der Waals surface area contributed by atoms with Crippen molar-refractivity contribution in [3.63, 3.8) is 0 Å². The summed E-state index contributed by atoms with van der Waals surface area (Å²) in [4.78, 5) is 10.9. The lowest BCUT2D eigenvalue weighted by molar-refractivity contribution is 0.0697. The Kier molecular flexibility index (Phi) is 5.83. The zero-order valence-corrected chi connectivity index (χ0v) is 14.8. The molecule has 0 saturated heterocycles. The number of halogens is 1. The van der Waals surface area contributed by atoms with Gasteiger partial charge in [0.05, 0.1) is 17.2 Å². The molecule has 3 aromatic carbocycles. The van der Waals surface area contributed by atoms with Gasteiger partial charge in [-0.2, -0.15) is 5.26 Å². The Morgan fingerprint density at radius 3 is 2.29 bits per heavy atom. The third-order valence-corrected chi connectivity index (χ3v) is 4.09. The van der Waals surface area contributed by atoms with E-state index in [0.717, 1.165) is 5.56 Å². The fourth-order valence-corrected chi connectivity index (χ4v) is 2.60. The van der Waals surface area contributed by atoms with Crippen LogP contribution in [0.2, 0.25) is 0 Å². The molecule has 0 heterocycles. The van der Waals surface area contributed by atoms with Crippen molar-refractivity contribution < 1.29 is 19.0 Å². The summed E-state index contributed by atoms with van der Waals surface area (Å²) in [7, 11) is 0. The molecule has 0 aromatic heterocycles. The van der Waals surface area contributed by atoms with Gasteiger partial charge < -0.3 is 9.84 Å². The normalized spacial score (nSPS) is 10.9. The van der Waals surface area contributed by atoms with Crippen LogP contribution < -0.4 is 4.74 Å². The summed E-state index contributed by atoms with van der Waals surface area (Å²) in [6.45, 7) is 0.253. The number of carboxylic acids is 1. The maximum atomic E-state index is 13.1. The summed E-state index contributed by atoms with van der Waals surface area (Å²) < 4.78 is 19.0. The minimum atomic E-state index is -0.979. The quantitative estimate of drug-likeness (QED) is 0.478. The second-order valence-electron chi connectivity index (χ2n) is 6.01. The molecule has 28 heavy (non-hydrogen) atoms. The summed E-state index contributed by atoms with van der Waals surface area (Å²) in [5.74, 6) is -0.758. The molecule has 0 unspecified atom stereocenters. The number of hydrogen-bond acceptors (Lipinski definition) is 3. The Hall–Kier alpha value is -3.91. The summed E-state index contributed by atoms with van der Waals surface area (Å²) in [6, 6.07) is 21.6. The Balaban J connectivity index is 1.81. The number of aromatic carboxylic acids is 1. The average molecular weight is 373 g/mol. The average Bonchev–Trinajstić information content (AvgIpc) is 2.72. The molecule has 4 nitrogen and oxygen atoms in total. The van der Waals surface area contributed by atoms with E-state index in [9.17, 15) is 14.4 Å². The molecule has 0 aliphatic carbocycles. The van der Waals surface area contributed by atoms with Crippen molar-refractivity contribution in [2.45, 2.75) is 6.61 Å². The second kappa shape index (κ2) is 8.65. The van der Waals surface area contributed by atoms with Crippen LogP contribution in [0, 0.1) is 17.1 Å². The number of allylic oxidation sites excluding steroid dienone is 1. The Morgan fingerprint density at radius 1 is 1.00 bits per heavy atom. The Morgan fingerprint density at radius 2 is 1.64 bits per heavy atom. The maximum absolute atomic E-state index is 13.1. The molecule has 3 aromatic rings. The lowest BCUT2D eigenvalue weighted by atomic mass is 10.0. The van der Waals surface area contributed by atoms with Gasteiger partial charge in [-0.05, 0) is 47.5 Å². The van der Waals surface area contributed by atoms with Gasteiger partial charge >= 0.3 is 5.97 Å². The summed E-state index contributed by atoms with van der Waals surface area (Å²) in [5.41, 5.74) is 2.75. The molecule has 0 saturated carbocycles. The van der Waals surface area contributed by atoms with E-state index in [1.165, 1.54) is 24.3 Å². The van der Waals surface area contributed by atoms with E-state index in [4.69, 9.17) is 9.84 Å². The first kappa shape index (κ1) is 18.9. The van der Waals surface area contributed by atoms with Crippen molar-refractivity contribution in [3.05, 3.63) is 101 Å². The lowest BCUT2D eigenvalue weighted by Gasteiger charge is -2.10. The molecule has 0 atom stereocenters. The number of benzene rings is 3. The minimum absolute atomic E-state index is 0.213. The van der Waals surface area contributed by atoms with Gasteiger partial charge in [0.25, 0.3) is 0 Å². The first-order valence-corrected chi connectivity index (χ1v) is 8.48. The monoisotopic (exact) mass is 373 g/mol. The van der Waals surface area contributed by atoms with Crippen LogP contribution >= 0.6 is 0 Å². The molecule has 0 fully saturated rings. The Labute approximate surface area is 161 Å². The molecule has 0 amide bonds. The van der Waals surface area contributed by atoms with Gasteiger partial charge in [-0.1, -0.05) is 42.5 Å². The molecular formula is C23H16FNO3. The van der Waals surface area contributed by atoms with E-state index in [1.54, 1.807) is 36.4 Å². The maximum Gasteiger partial charge on any atom is 0.335 e. The van der Waals surface area contributed by atoms with Gasteiger partial charge in [0.15, 0.2) is 0 Å². The standard InChI is InChI=1S/C23H16FNO3/c24-21-11-9-17(10-12-21)20(14-25)13-19-3-1-2-4-22(19)28-15-16-5-7-18(8-6-16)23(26)27/h1-13H,15H2,(H,26,27). The van der Waals surface area contributed by atoms with Gasteiger partial charge in [-0.25, -0.2) is 9.18 Å². The number of ether oxygens (including phenoxy) is 1. The van der Waals surface area contributed by atoms with E-state index in [0.29, 0.717) is 22.4 Å². The predicted octanol–water partition coefficient (Wildman–Crippen LogP) is 5.17. The Bertz CT molecular complexity index is 1050. The number of carbonyl (C=O) groups is 1. The van der Waals surface area contributed by atoms with Crippen molar-refractivity contribution in [1.82, 2.24) is 0 Å². The first-order chi connectivity index (χ1) is 13.6. The molecule has 0 spiro atoms. The van der Waals surface area contributed by atoms with E-state index in [1.807, 2.05) is 18.2 Å². The van der Waals surface area contributed by atoms with Gasteiger partial charge in [-0.15, -0.1) is 0 Å². The van der Waals surface area contributed by atoms with Crippen molar-refractivity contribution >= 4 is 17.6 Å². The van der Waals surface area contributed by atoms with E-state index >= 15 is 0 Å². The number of hydrogen-bond donors (Lipinski definition) is 1. The number of para-hydroxylation sites is 1. The lowest BCUT2D eigenvalue weighted by Crippen LogP contribution is -1.99. The fraction of sp³-hybridized carbons (Fsp3) is 0.0435. The largest absolute Gasteiger partial charge is 0.488 e. The summed E-state index contributed by atoms with van der Waals surface area (Å²) >= 11 is 0. The molecule has 0 aliphatic heterocycles. The number of nitrogens with zero attached hydrogens (tertiary/aromatic N) is 1. The third kappa shape index (κ3) is 4.63. The van der Waals surface area contributed by atoms with Gasteiger partial charge in [-0.3, -0.25) is 0 Å². The highest BCUT2D eigenvalue weighted by Gasteiger charge is 2.07. The van der Waals surface area contributed by atoms with Crippen molar-refractivity contribution in [2.24, 2.45) is 0 Å². The molecule has 0 radical (unpaired) electrons. The van der Waals surface area contributed by atoms with Crippen LogP contribution in [0.3, 0.4) is 0 Å². The molecule has 1 N–H and O–H groups in total. The molecule has 138 valence electrons. The van der Waals surface area contributed by atoms with E-state index in [-0.39, 0.29) is 18.0 Å². The molecular weight excluding hydrogens is 357 g/mol. The summed E-state index contributed by atoms with van der Waals surface area (Å²) in [6.07, 6.45) is 1.69. The molecule has 3 rings (SSSR count). The smallest absolute Gasteiger partial charge is 0.335 e. The zero-order valence-electron chi connectivity index (χ0n) is 14.8. The highest BCUT2D eigenvalue weighted by atomic mass is 19.1. The van der Waals surface area contributed by atoms with E-state index < -0.39 is 5.97 Å². The van der Waals surface area contributed by atoms with Crippen LogP contribution in [-0.2, 0) is 6.61 Å². The SMILES string of the molecule is N#CC(=Cc1ccccc1OCc1ccc(C(=O)O)cc1)c1ccc(F)cc1. The number of carboxylic acid groups (broad SMARTS) is 1. The zero-order chi connectivity index (χ0) is 19.9. The number of nitriles is 1. The minimum Gasteiger partial charge on any atom is -0.488 e. The van der Waals surface area contributed by atoms with Gasteiger partial charge in [0.1, 0.15) is 18.2 Å². The van der Waals surface area contributed by atoms with Gasteiger partial charge in [0.2, 0.25) is 0 Å². The summed E-state index contributed by atoms with van der Waals surface area (Å²) in [5, 5.41) is 18.4. The van der Waals surface area contributed by atoms with Crippen LogP contribution in [0.1, 0.15) is 27.0 Å². The second-order valence-corrected chi connectivity index (χ2v) is 6.01. The van der Waals surface area contributed by atoms with Crippen LogP contribution in [-0.4, -0.2) is 11.1 Å². The molecule has 0 aliphatic rings. The van der Waals surface area contributed by atoms with Crippen molar-refractivity contribution in [3.8, 4) is 11.8 Å². The molecule has 5 heteroatoms. The highest BCUT2D eigenvalue weighted by molar-refractivity contribution is 5.90. The first-order valence-electron chi connectivity index (χ1n) is 8.48. The highest BCUT2D eigenvalue weighted by Crippen LogP contribution is 2.25. The van der Waals surface area contributed by atoms with Crippen molar-refractivity contribution in [2.75, 3.05) is 0 Å². The van der Waals surface area contributed by atoms with Gasteiger partial charge in [0, 0.05) is 5.56 Å². The van der Waals surface area contributed by atoms with Crippen LogP contribution in [0.25, 0.3) is 11.6 Å². The van der Waals surface area contributed by atoms with Crippen LogP contribution in [0.4, 0.5) is 4.39 Å². The number of rotatable bonds is 6. The predicted molar refractivity (Wildman–Crippen MR) is 104 cm³/mol. The molecule has 0 bridgehead atoms. The topological polar surface area (TPSA) is 70.3 Å². The van der Waals surface area contributed by atoms with Crippen molar-refractivity contribution in [1.29, 1.82) is 5.26 Å². The fourth-order valence-electron chi connectivity index (χ4n) is 2.60.